The van der Waals surface area contributed by atoms with Gasteiger partial charge in [0.25, 0.3) is 0 Å². The molecule has 0 fully saturated rings. The Balaban J connectivity index is 1.15. The lowest BCUT2D eigenvalue weighted by Gasteiger charge is -2.37. The summed E-state index contributed by atoms with van der Waals surface area (Å²) in [7, 11) is 0. The van der Waals surface area contributed by atoms with Gasteiger partial charge in [-0.25, -0.2) is 0 Å². The normalized spacial score (nSPS) is 14.6. The molecule has 12 aromatic rings. The van der Waals surface area contributed by atoms with Gasteiger partial charge >= 0.3 is 0 Å². The number of hydrogen-bond donors (Lipinski definition) is 0. The van der Waals surface area contributed by atoms with E-state index in [-0.39, 0.29) is 0 Å². The number of hydrogen-bond acceptors (Lipinski definition) is 3. The third kappa shape index (κ3) is 4.79. The molecule has 2 aromatic heterocycles. The molecule has 0 amide bonds. The number of thiophene rings is 1. The molecule has 2 heterocycles. The largest absolute Gasteiger partial charge is 0.456 e. The molecule has 1 atom stereocenters. The molecule has 2 aliphatic rings. The topological polar surface area (TPSA) is 16.4 Å². The zero-order valence-electron chi connectivity index (χ0n) is 34.6. The molecule has 0 N–H and O–H groups in total. The van der Waals surface area contributed by atoms with Crippen molar-refractivity contribution in [3.8, 4) is 44.5 Å². The van der Waals surface area contributed by atoms with Crippen molar-refractivity contribution in [2.75, 3.05) is 4.90 Å². The van der Waals surface area contributed by atoms with Crippen molar-refractivity contribution in [1.29, 1.82) is 0 Å². The maximum absolute atomic E-state index is 6.60. The van der Waals surface area contributed by atoms with Gasteiger partial charge in [-0.15, -0.1) is 11.3 Å². The van der Waals surface area contributed by atoms with Crippen LogP contribution in [-0.4, -0.2) is 0 Å². The van der Waals surface area contributed by atoms with Crippen LogP contribution in [0.25, 0.3) is 86.6 Å². The van der Waals surface area contributed by atoms with Gasteiger partial charge in [0, 0.05) is 42.4 Å². The lowest BCUT2D eigenvalue weighted by molar-refractivity contribution is 0.669. The summed E-state index contributed by atoms with van der Waals surface area (Å²) in [6.07, 6.45) is 0. The van der Waals surface area contributed by atoms with E-state index in [4.69, 9.17) is 4.42 Å². The monoisotopic (exact) mass is 831 g/mol. The van der Waals surface area contributed by atoms with Gasteiger partial charge < -0.3 is 9.32 Å². The number of fused-ring (bicyclic) bond motifs is 19. The van der Waals surface area contributed by atoms with Crippen LogP contribution >= 0.6 is 11.3 Å². The van der Waals surface area contributed by atoms with Gasteiger partial charge in [-0.05, 0) is 98.1 Å². The second kappa shape index (κ2) is 13.5. The Morgan fingerprint density at radius 3 is 1.81 bits per heavy atom. The van der Waals surface area contributed by atoms with E-state index < -0.39 is 5.41 Å². The van der Waals surface area contributed by atoms with Crippen LogP contribution < -0.4 is 4.90 Å². The lowest BCUT2D eigenvalue weighted by Crippen LogP contribution is -2.29. The molecule has 0 saturated heterocycles. The van der Waals surface area contributed by atoms with Gasteiger partial charge in [0.2, 0.25) is 0 Å². The first-order valence-corrected chi connectivity index (χ1v) is 22.8. The molecule has 1 unspecified atom stereocenters. The molecule has 0 saturated carbocycles. The van der Waals surface area contributed by atoms with Crippen molar-refractivity contribution in [3.05, 3.63) is 247 Å². The Morgan fingerprint density at radius 1 is 0.375 bits per heavy atom. The maximum Gasteiger partial charge on any atom is 0.137 e. The highest BCUT2D eigenvalue weighted by molar-refractivity contribution is 7.26. The van der Waals surface area contributed by atoms with Crippen LogP contribution in [0, 0.1) is 0 Å². The second-order valence-electron chi connectivity index (χ2n) is 17.0. The molecule has 298 valence electrons. The standard InChI is InChI=1S/C61H37NOS/c1-2-17-38(18-3-1)40-19-8-13-28-53(40)62(54-29-16-31-56-59(54)48-25-9-14-30-55(48)63-56)39-33-34-44-42-21-5-4-20-41(42)43-22-6-11-26-49(43)61(52(44)37-39)50-27-12-7-24-47(50)58-51(61)36-35-46-45-23-10-15-32-57(45)64-60(46)58/h1-37H. The number of anilines is 3. The van der Waals surface area contributed by atoms with Crippen molar-refractivity contribution >= 4 is 70.5 Å². The SMILES string of the molecule is c1ccc(-c2ccccc2N(c2ccc3c(c2)C2(c4ccccc4-c4ccccc4-3)c3ccccc3-c3c2ccc2c3sc3ccccc32)c2cccc3oc4ccccc4c23)cc1. The highest BCUT2D eigenvalue weighted by Gasteiger charge is 2.50. The first-order valence-electron chi connectivity index (χ1n) is 22.0. The second-order valence-corrected chi connectivity index (χ2v) is 18.1. The first-order chi connectivity index (χ1) is 31.8. The first kappa shape index (κ1) is 35.6. The summed E-state index contributed by atoms with van der Waals surface area (Å²) in [4.78, 5) is 2.49. The summed E-state index contributed by atoms with van der Waals surface area (Å²) in [5, 5.41) is 4.81. The molecule has 2 nitrogen and oxygen atoms in total. The summed E-state index contributed by atoms with van der Waals surface area (Å²) in [6.45, 7) is 0. The van der Waals surface area contributed by atoms with Gasteiger partial charge in [-0.1, -0.05) is 182 Å². The van der Waals surface area contributed by atoms with Crippen LogP contribution in [-0.2, 0) is 5.41 Å². The zero-order valence-corrected chi connectivity index (χ0v) is 35.4. The van der Waals surface area contributed by atoms with Crippen LogP contribution in [0.1, 0.15) is 22.3 Å². The van der Waals surface area contributed by atoms with Crippen molar-refractivity contribution in [2.24, 2.45) is 0 Å². The summed E-state index contributed by atoms with van der Waals surface area (Å²) >= 11 is 1.92. The quantitative estimate of drug-likeness (QED) is 0.176. The molecule has 1 spiro atoms. The van der Waals surface area contributed by atoms with E-state index in [2.05, 4.69) is 229 Å². The molecule has 3 heteroatoms. The number of benzene rings is 10. The van der Waals surface area contributed by atoms with E-state index in [1.54, 1.807) is 0 Å². The molecule has 2 aliphatic carbocycles. The summed E-state index contributed by atoms with van der Waals surface area (Å²) < 4.78 is 9.26. The van der Waals surface area contributed by atoms with Crippen molar-refractivity contribution < 1.29 is 4.42 Å². The maximum atomic E-state index is 6.60. The van der Waals surface area contributed by atoms with E-state index in [9.17, 15) is 0 Å². The molecular formula is C61H37NOS. The Morgan fingerprint density at radius 2 is 0.984 bits per heavy atom. The van der Waals surface area contributed by atoms with Gasteiger partial charge in [0.15, 0.2) is 0 Å². The smallest absolute Gasteiger partial charge is 0.137 e. The summed E-state index contributed by atoms with van der Waals surface area (Å²) in [6, 6.07) is 83.0. The minimum atomic E-state index is -0.657. The summed E-state index contributed by atoms with van der Waals surface area (Å²) in [5.74, 6) is 0. The minimum absolute atomic E-state index is 0.657. The van der Waals surface area contributed by atoms with Crippen LogP contribution in [0.2, 0.25) is 0 Å². The minimum Gasteiger partial charge on any atom is -0.456 e. The Kier molecular flexibility index (Phi) is 7.51. The van der Waals surface area contributed by atoms with Crippen LogP contribution in [0.15, 0.2) is 229 Å². The van der Waals surface area contributed by atoms with E-state index in [1.165, 1.54) is 75.8 Å². The van der Waals surface area contributed by atoms with Crippen LogP contribution in [0.3, 0.4) is 0 Å². The highest BCUT2D eigenvalue weighted by atomic mass is 32.1. The van der Waals surface area contributed by atoms with E-state index in [0.29, 0.717) is 0 Å². The zero-order chi connectivity index (χ0) is 41.9. The fourth-order valence-electron chi connectivity index (χ4n) is 11.4. The molecule has 0 bridgehead atoms. The molecule has 0 aliphatic heterocycles. The number of para-hydroxylation sites is 2. The van der Waals surface area contributed by atoms with Gasteiger partial charge in [-0.3, -0.25) is 0 Å². The molecule has 10 aromatic carbocycles. The van der Waals surface area contributed by atoms with E-state index in [1.807, 2.05) is 11.3 Å². The molecular weight excluding hydrogens is 795 g/mol. The van der Waals surface area contributed by atoms with Crippen LogP contribution in [0.4, 0.5) is 17.1 Å². The van der Waals surface area contributed by atoms with E-state index >= 15 is 0 Å². The average molecular weight is 832 g/mol. The van der Waals surface area contributed by atoms with Gasteiger partial charge in [0.1, 0.15) is 11.2 Å². The van der Waals surface area contributed by atoms with Crippen molar-refractivity contribution in [1.82, 2.24) is 0 Å². The van der Waals surface area contributed by atoms with Gasteiger partial charge in [0.05, 0.1) is 22.2 Å². The van der Waals surface area contributed by atoms with Crippen LogP contribution in [0.5, 0.6) is 0 Å². The molecule has 0 radical (unpaired) electrons. The third-order valence-electron chi connectivity index (χ3n) is 13.9. The van der Waals surface area contributed by atoms with Gasteiger partial charge in [-0.2, -0.15) is 0 Å². The van der Waals surface area contributed by atoms with Crippen molar-refractivity contribution in [2.45, 2.75) is 5.41 Å². The van der Waals surface area contributed by atoms with Crippen molar-refractivity contribution in [3.63, 3.8) is 0 Å². The fourth-order valence-corrected chi connectivity index (χ4v) is 12.6. The Hall–Kier alpha value is -7.98. The predicted octanol–water partition coefficient (Wildman–Crippen LogP) is 17.1. The fraction of sp³-hybridized carbons (Fsp3) is 0.0164. The third-order valence-corrected chi connectivity index (χ3v) is 15.1. The lowest BCUT2D eigenvalue weighted by atomic mass is 9.65. The predicted molar refractivity (Wildman–Crippen MR) is 268 cm³/mol. The summed E-state index contributed by atoms with van der Waals surface area (Å²) in [5.41, 5.74) is 19.4. The number of nitrogens with zero attached hydrogens (tertiary/aromatic N) is 1. The molecule has 64 heavy (non-hydrogen) atoms. The highest BCUT2D eigenvalue weighted by Crippen LogP contribution is 2.64. The Labute approximate surface area is 374 Å². The Bertz CT molecular complexity index is 3870. The molecule has 14 rings (SSSR count). The average Bonchev–Trinajstić information content (AvgIpc) is 4.01. The van der Waals surface area contributed by atoms with E-state index in [0.717, 1.165) is 50.1 Å². The number of rotatable bonds is 4. The number of furan rings is 1.